The molecular formula is C23H22F2N2O4S3. The molecule has 1 aliphatic heterocycles. The van der Waals surface area contributed by atoms with Crippen molar-refractivity contribution in [3.8, 4) is 11.1 Å². The Balaban J connectivity index is 1.58. The molecule has 0 radical (unpaired) electrons. The summed E-state index contributed by atoms with van der Waals surface area (Å²) >= 11 is 7.66. The monoisotopic (exact) mass is 524 g/mol. The maximum absolute atomic E-state index is 13.5. The molecule has 2 heterocycles. The summed E-state index contributed by atoms with van der Waals surface area (Å²) in [5.41, 5.74) is 0.605. The van der Waals surface area contributed by atoms with E-state index in [9.17, 15) is 23.2 Å². The van der Waals surface area contributed by atoms with E-state index < -0.39 is 35.0 Å². The Labute approximate surface area is 209 Å². The molecule has 180 valence electrons. The van der Waals surface area contributed by atoms with Gasteiger partial charge in [0.2, 0.25) is 5.91 Å². The first kappa shape index (κ1) is 26.0. The summed E-state index contributed by atoms with van der Waals surface area (Å²) in [6.45, 7) is 5.09. The number of esters is 1. The van der Waals surface area contributed by atoms with Crippen LogP contribution in [0.3, 0.4) is 0 Å². The predicted octanol–water partition coefficient (Wildman–Crippen LogP) is 4.74. The van der Waals surface area contributed by atoms with Gasteiger partial charge in [-0.2, -0.15) is 0 Å². The van der Waals surface area contributed by atoms with E-state index in [1.54, 1.807) is 38.3 Å². The summed E-state index contributed by atoms with van der Waals surface area (Å²) in [5, 5.41) is 4.36. The zero-order valence-electron chi connectivity index (χ0n) is 18.6. The Bertz CT molecular complexity index is 1170. The summed E-state index contributed by atoms with van der Waals surface area (Å²) in [6.07, 6.45) is 1.66. The molecule has 1 aromatic carbocycles. The van der Waals surface area contributed by atoms with E-state index in [4.69, 9.17) is 17.0 Å². The lowest BCUT2D eigenvalue weighted by atomic mass is 10.1. The molecule has 1 saturated heterocycles. The van der Waals surface area contributed by atoms with Crippen molar-refractivity contribution >= 4 is 63.5 Å². The van der Waals surface area contributed by atoms with Gasteiger partial charge in [-0.15, -0.1) is 11.3 Å². The molecule has 6 nitrogen and oxygen atoms in total. The molecule has 1 fully saturated rings. The minimum absolute atomic E-state index is 0.0139. The second-order valence-corrected chi connectivity index (χ2v) is 10.9. The van der Waals surface area contributed by atoms with Crippen LogP contribution in [0.4, 0.5) is 8.78 Å². The average molecular weight is 525 g/mol. The summed E-state index contributed by atoms with van der Waals surface area (Å²) in [5.74, 6) is -3.13. The highest BCUT2D eigenvalue weighted by molar-refractivity contribution is 8.26. The number of nitrogens with one attached hydrogen (secondary N) is 1. The van der Waals surface area contributed by atoms with Crippen LogP contribution >= 0.6 is 35.3 Å². The zero-order valence-corrected chi connectivity index (χ0v) is 21.1. The van der Waals surface area contributed by atoms with E-state index in [2.05, 4.69) is 5.32 Å². The molecule has 0 aliphatic carbocycles. The number of carbonyl (C=O) groups is 3. The number of halogens is 2. The van der Waals surface area contributed by atoms with Crippen LogP contribution in [0.15, 0.2) is 34.6 Å². The van der Waals surface area contributed by atoms with E-state index in [1.165, 1.54) is 22.3 Å². The number of benzene rings is 1. The van der Waals surface area contributed by atoms with Crippen LogP contribution in [0.25, 0.3) is 17.2 Å². The third-order valence-electron chi connectivity index (χ3n) is 4.39. The molecule has 0 saturated carbocycles. The highest BCUT2D eigenvalue weighted by Crippen LogP contribution is 2.35. The number of thiophene rings is 1. The lowest BCUT2D eigenvalue weighted by Gasteiger charge is -2.19. The van der Waals surface area contributed by atoms with Gasteiger partial charge in [-0.25, -0.2) is 8.78 Å². The summed E-state index contributed by atoms with van der Waals surface area (Å²) in [4.78, 5) is 39.0. The van der Waals surface area contributed by atoms with Crippen LogP contribution in [0, 0.1) is 11.6 Å². The molecule has 1 aromatic heterocycles. The van der Waals surface area contributed by atoms with E-state index in [1.807, 2.05) is 0 Å². The first-order chi connectivity index (χ1) is 15.9. The van der Waals surface area contributed by atoms with Gasteiger partial charge in [0.05, 0.1) is 11.3 Å². The highest BCUT2D eigenvalue weighted by atomic mass is 32.2. The van der Waals surface area contributed by atoms with Crippen molar-refractivity contribution in [3.05, 3.63) is 51.1 Å². The van der Waals surface area contributed by atoms with Crippen molar-refractivity contribution in [1.82, 2.24) is 10.2 Å². The summed E-state index contributed by atoms with van der Waals surface area (Å²) in [7, 11) is 0. The van der Waals surface area contributed by atoms with Gasteiger partial charge < -0.3 is 10.1 Å². The normalized spacial score (nSPS) is 15.2. The topological polar surface area (TPSA) is 75.7 Å². The number of rotatable bonds is 7. The number of hydrogen-bond donors (Lipinski definition) is 1. The molecule has 1 N–H and O–H groups in total. The van der Waals surface area contributed by atoms with Gasteiger partial charge in [0, 0.05) is 11.4 Å². The lowest BCUT2D eigenvalue weighted by Crippen LogP contribution is -2.40. The van der Waals surface area contributed by atoms with Crippen LogP contribution < -0.4 is 5.32 Å². The molecule has 0 bridgehead atoms. The van der Waals surface area contributed by atoms with Gasteiger partial charge in [-0.1, -0.05) is 30.0 Å². The Morgan fingerprint density at radius 3 is 2.59 bits per heavy atom. The number of thioether (sulfide) groups is 1. The third kappa shape index (κ3) is 6.94. The van der Waals surface area contributed by atoms with Crippen molar-refractivity contribution in [2.45, 2.75) is 32.8 Å². The molecule has 11 heteroatoms. The van der Waals surface area contributed by atoms with E-state index in [-0.39, 0.29) is 23.8 Å². The number of amides is 2. The van der Waals surface area contributed by atoms with Crippen LogP contribution in [-0.4, -0.2) is 45.7 Å². The van der Waals surface area contributed by atoms with E-state index >= 15 is 0 Å². The van der Waals surface area contributed by atoms with Crippen molar-refractivity contribution in [2.75, 3.05) is 13.1 Å². The predicted molar refractivity (Wildman–Crippen MR) is 133 cm³/mol. The SMILES string of the molecule is CC(C)(C)OC(=O)CCNC(=O)CN1C(=O)C(=Cc2cc(-c3ccc(F)c(F)c3)cs2)SC1=S. The van der Waals surface area contributed by atoms with Gasteiger partial charge in [-0.05, 0) is 61.6 Å². The number of carbonyl (C=O) groups excluding carboxylic acids is 3. The Hall–Kier alpha value is -2.63. The maximum Gasteiger partial charge on any atom is 0.308 e. The molecule has 1 aliphatic rings. The smallest absolute Gasteiger partial charge is 0.308 e. The quantitative estimate of drug-likeness (QED) is 0.320. The fourth-order valence-electron chi connectivity index (χ4n) is 2.92. The third-order valence-corrected chi connectivity index (χ3v) is 6.65. The van der Waals surface area contributed by atoms with Crippen molar-refractivity contribution in [3.63, 3.8) is 0 Å². The first-order valence-electron chi connectivity index (χ1n) is 10.2. The first-order valence-corrected chi connectivity index (χ1v) is 12.3. The summed E-state index contributed by atoms with van der Waals surface area (Å²) in [6, 6.07) is 5.41. The maximum atomic E-state index is 13.5. The fraction of sp³-hybridized carbons (Fsp3) is 0.304. The minimum atomic E-state index is -0.935. The largest absolute Gasteiger partial charge is 0.460 e. The van der Waals surface area contributed by atoms with Crippen molar-refractivity contribution in [2.24, 2.45) is 0 Å². The van der Waals surface area contributed by atoms with Crippen LogP contribution in [-0.2, 0) is 19.1 Å². The molecule has 2 amide bonds. The van der Waals surface area contributed by atoms with Crippen LogP contribution in [0.1, 0.15) is 32.1 Å². The second-order valence-electron chi connectivity index (χ2n) is 8.32. The van der Waals surface area contributed by atoms with Crippen LogP contribution in [0.2, 0.25) is 0 Å². The van der Waals surface area contributed by atoms with Gasteiger partial charge >= 0.3 is 5.97 Å². The van der Waals surface area contributed by atoms with Gasteiger partial charge in [-0.3, -0.25) is 19.3 Å². The van der Waals surface area contributed by atoms with Gasteiger partial charge in [0.1, 0.15) is 16.5 Å². The molecule has 0 atom stereocenters. The Morgan fingerprint density at radius 2 is 1.91 bits per heavy atom. The number of ether oxygens (including phenoxy) is 1. The number of hydrogen-bond acceptors (Lipinski definition) is 7. The van der Waals surface area contributed by atoms with Crippen molar-refractivity contribution < 1.29 is 27.9 Å². The number of nitrogens with zero attached hydrogens (tertiary/aromatic N) is 1. The Morgan fingerprint density at radius 1 is 1.18 bits per heavy atom. The second kappa shape index (κ2) is 10.7. The Kier molecular flexibility index (Phi) is 8.21. The van der Waals surface area contributed by atoms with Gasteiger partial charge in [0.15, 0.2) is 11.6 Å². The number of thiocarbonyl (C=S) groups is 1. The molecular weight excluding hydrogens is 502 g/mol. The van der Waals surface area contributed by atoms with Crippen LogP contribution in [0.5, 0.6) is 0 Å². The molecule has 0 unspecified atom stereocenters. The molecule has 2 aromatic rings. The fourth-order valence-corrected chi connectivity index (χ4v) is 5.09. The molecule has 34 heavy (non-hydrogen) atoms. The zero-order chi connectivity index (χ0) is 25.0. The minimum Gasteiger partial charge on any atom is -0.460 e. The average Bonchev–Trinajstić information content (AvgIpc) is 3.29. The van der Waals surface area contributed by atoms with Crippen molar-refractivity contribution in [1.29, 1.82) is 0 Å². The van der Waals surface area contributed by atoms with E-state index in [0.29, 0.717) is 16.0 Å². The van der Waals surface area contributed by atoms with Gasteiger partial charge in [0.25, 0.3) is 5.91 Å². The standard InChI is InChI=1S/C23H22F2N2O4S3/c1-23(2,3)31-20(29)6-7-26-19(28)11-27-21(30)18(34-22(27)32)10-15-8-14(12-33-15)13-4-5-16(24)17(25)9-13/h4-5,8-10,12H,6-7,11H2,1-3H3,(H,26,28). The van der Waals surface area contributed by atoms with E-state index in [0.717, 1.165) is 28.8 Å². The summed E-state index contributed by atoms with van der Waals surface area (Å²) < 4.78 is 32.1. The highest BCUT2D eigenvalue weighted by Gasteiger charge is 2.33. The molecule has 3 rings (SSSR count). The lowest BCUT2D eigenvalue weighted by molar-refractivity contribution is -0.154. The molecule has 0 spiro atoms.